The summed E-state index contributed by atoms with van der Waals surface area (Å²) >= 11 is 12.0. The highest BCUT2D eigenvalue weighted by atomic mass is 35.5. The van der Waals surface area contributed by atoms with Crippen LogP contribution in [0.25, 0.3) is 11.3 Å². The average molecular weight is 384 g/mol. The maximum Gasteiger partial charge on any atom is 0.308 e. The highest BCUT2D eigenvalue weighted by molar-refractivity contribution is 6.35. The van der Waals surface area contributed by atoms with Crippen LogP contribution in [0.15, 0.2) is 22.6 Å². The number of amides is 2. The monoisotopic (exact) mass is 383 g/mol. The fourth-order valence-corrected chi connectivity index (χ4v) is 2.81. The van der Waals surface area contributed by atoms with Crippen LogP contribution in [0, 0.1) is 0 Å². The summed E-state index contributed by atoms with van der Waals surface area (Å²) in [7, 11) is 0. The third-order valence-corrected chi connectivity index (χ3v) is 4.06. The van der Waals surface area contributed by atoms with Crippen molar-refractivity contribution in [2.75, 3.05) is 4.90 Å². The molecule has 0 atom stereocenters. The molecule has 3 rings (SSSR count). The molecule has 2 amide bonds. The number of aromatic hydroxyl groups is 1. The summed E-state index contributed by atoms with van der Waals surface area (Å²) in [5.74, 6) is -3.37. The SMILES string of the molecule is CC(=O)Oc1c(N2C(=O)CCC2=O)oc(-c2cc(Cl)ccc2Cl)c1O. The molecule has 7 nitrogen and oxygen atoms in total. The first kappa shape index (κ1) is 17.3. The molecule has 0 spiro atoms. The summed E-state index contributed by atoms with van der Waals surface area (Å²) in [5, 5.41) is 11.0. The molecule has 0 unspecified atom stereocenters. The van der Waals surface area contributed by atoms with Crippen LogP contribution < -0.4 is 9.64 Å². The molecule has 1 saturated heterocycles. The van der Waals surface area contributed by atoms with Crippen molar-refractivity contribution < 1.29 is 28.6 Å². The Hall–Kier alpha value is -2.51. The summed E-state index contributed by atoms with van der Waals surface area (Å²) < 4.78 is 10.5. The lowest BCUT2D eigenvalue weighted by Crippen LogP contribution is -2.28. The fraction of sp³-hybridized carbons (Fsp3) is 0.188. The first-order chi connectivity index (χ1) is 11.8. The number of carbonyl (C=O) groups is 3. The second kappa shape index (κ2) is 6.42. The molecule has 2 heterocycles. The topological polar surface area (TPSA) is 97.0 Å². The number of anilines is 1. The van der Waals surface area contributed by atoms with E-state index in [-0.39, 0.29) is 35.1 Å². The van der Waals surface area contributed by atoms with Gasteiger partial charge >= 0.3 is 5.97 Å². The van der Waals surface area contributed by atoms with E-state index >= 15 is 0 Å². The van der Waals surface area contributed by atoms with Gasteiger partial charge in [-0.2, -0.15) is 0 Å². The molecular formula is C16H11Cl2NO6. The van der Waals surface area contributed by atoms with Crippen LogP contribution in [0.2, 0.25) is 10.0 Å². The van der Waals surface area contributed by atoms with Crippen LogP contribution in [0.5, 0.6) is 11.5 Å². The van der Waals surface area contributed by atoms with E-state index in [1.807, 2.05) is 0 Å². The number of esters is 1. The predicted molar refractivity (Wildman–Crippen MR) is 88.9 cm³/mol. The van der Waals surface area contributed by atoms with E-state index in [4.69, 9.17) is 32.4 Å². The second-order valence-electron chi connectivity index (χ2n) is 5.25. The van der Waals surface area contributed by atoms with Gasteiger partial charge in [0.15, 0.2) is 5.76 Å². The molecule has 1 aromatic heterocycles. The molecule has 2 aromatic rings. The molecule has 9 heteroatoms. The summed E-state index contributed by atoms with van der Waals surface area (Å²) in [4.78, 5) is 36.0. The lowest BCUT2D eigenvalue weighted by atomic mass is 10.1. The van der Waals surface area contributed by atoms with Gasteiger partial charge in [-0.15, -0.1) is 0 Å². The van der Waals surface area contributed by atoms with Crippen LogP contribution in [-0.4, -0.2) is 22.9 Å². The van der Waals surface area contributed by atoms with Crippen LogP contribution in [0.4, 0.5) is 5.88 Å². The Morgan fingerprint density at radius 1 is 1.24 bits per heavy atom. The number of hydrogen-bond donors (Lipinski definition) is 1. The van der Waals surface area contributed by atoms with Crippen molar-refractivity contribution in [3.8, 4) is 22.8 Å². The molecule has 0 aliphatic carbocycles. The number of hydrogen-bond acceptors (Lipinski definition) is 6. The molecule has 1 aromatic carbocycles. The highest BCUT2D eigenvalue weighted by Crippen LogP contribution is 2.50. The molecule has 0 radical (unpaired) electrons. The number of furan rings is 1. The normalized spacial score (nSPS) is 14.3. The average Bonchev–Trinajstić information content (AvgIpc) is 3.02. The minimum absolute atomic E-state index is 0.00688. The van der Waals surface area contributed by atoms with Gasteiger partial charge in [0.2, 0.25) is 23.3 Å². The van der Waals surface area contributed by atoms with Crippen molar-refractivity contribution >= 4 is 46.9 Å². The minimum Gasteiger partial charge on any atom is -0.502 e. The van der Waals surface area contributed by atoms with Crippen molar-refractivity contribution in [1.29, 1.82) is 0 Å². The van der Waals surface area contributed by atoms with Gasteiger partial charge < -0.3 is 14.3 Å². The lowest BCUT2D eigenvalue weighted by molar-refractivity contribution is -0.132. The molecule has 130 valence electrons. The second-order valence-corrected chi connectivity index (χ2v) is 6.10. The third-order valence-electron chi connectivity index (χ3n) is 3.50. The van der Waals surface area contributed by atoms with Gasteiger partial charge in [-0.1, -0.05) is 23.2 Å². The van der Waals surface area contributed by atoms with Gasteiger partial charge in [-0.25, -0.2) is 4.90 Å². The maximum absolute atomic E-state index is 12.0. The standard InChI is InChI=1S/C16H11Cl2NO6/c1-7(20)24-15-13(23)14(9-6-8(17)2-3-10(9)18)25-16(15)19-11(21)4-5-12(19)22/h2-3,6,23H,4-5H2,1H3. The van der Waals surface area contributed by atoms with Crippen molar-refractivity contribution in [3.63, 3.8) is 0 Å². The van der Waals surface area contributed by atoms with Crippen molar-refractivity contribution in [2.24, 2.45) is 0 Å². The zero-order chi connectivity index (χ0) is 18.3. The summed E-state index contributed by atoms with van der Waals surface area (Å²) in [6, 6.07) is 4.45. The van der Waals surface area contributed by atoms with E-state index in [0.29, 0.717) is 5.02 Å². The fourth-order valence-electron chi connectivity index (χ4n) is 2.44. The molecule has 0 saturated carbocycles. The molecule has 1 N–H and O–H groups in total. The van der Waals surface area contributed by atoms with Gasteiger partial charge in [-0.3, -0.25) is 14.4 Å². The number of halogens is 2. The van der Waals surface area contributed by atoms with Gasteiger partial charge in [-0.05, 0) is 18.2 Å². The summed E-state index contributed by atoms with van der Waals surface area (Å²) in [5.41, 5.74) is 0.213. The van der Waals surface area contributed by atoms with E-state index in [1.165, 1.54) is 18.2 Å². The molecule has 1 aliphatic rings. The maximum atomic E-state index is 12.0. The van der Waals surface area contributed by atoms with E-state index in [0.717, 1.165) is 11.8 Å². The number of benzene rings is 1. The Labute approximate surface area is 151 Å². The van der Waals surface area contributed by atoms with Crippen molar-refractivity contribution in [2.45, 2.75) is 19.8 Å². The van der Waals surface area contributed by atoms with E-state index in [9.17, 15) is 19.5 Å². The summed E-state index contributed by atoms with van der Waals surface area (Å²) in [6.45, 7) is 1.11. The molecule has 0 bridgehead atoms. The number of imide groups is 1. The summed E-state index contributed by atoms with van der Waals surface area (Å²) in [6.07, 6.45) is -0.0138. The van der Waals surface area contributed by atoms with E-state index in [1.54, 1.807) is 0 Å². The Morgan fingerprint density at radius 2 is 1.88 bits per heavy atom. The van der Waals surface area contributed by atoms with Crippen molar-refractivity contribution in [3.05, 3.63) is 28.2 Å². The first-order valence-corrected chi connectivity index (χ1v) is 7.90. The number of rotatable bonds is 3. The molecule has 25 heavy (non-hydrogen) atoms. The Balaban J connectivity index is 2.22. The zero-order valence-corrected chi connectivity index (χ0v) is 14.3. The predicted octanol–water partition coefficient (Wildman–Crippen LogP) is 3.54. The molecule has 1 aliphatic heterocycles. The molecule has 1 fully saturated rings. The number of ether oxygens (including phenoxy) is 1. The first-order valence-electron chi connectivity index (χ1n) is 7.15. The quantitative estimate of drug-likeness (QED) is 0.642. The third kappa shape index (κ3) is 3.08. The number of carbonyl (C=O) groups excluding carboxylic acids is 3. The lowest BCUT2D eigenvalue weighted by Gasteiger charge is -2.11. The van der Waals surface area contributed by atoms with Gasteiger partial charge in [0.05, 0.1) is 5.02 Å². The smallest absolute Gasteiger partial charge is 0.308 e. The Bertz CT molecular complexity index is 888. The van der Waals surface area contributed by atoms with Gasteiger partial charge in [0.1, 0.15) is 0 Å². The van der Waals surface area contributed by atoms with Gasteiger partial charge in [0, 0.05) is 30.4 Å². The van der Waals surface area contributed by atoms with Crippen LogP contribution in [0.3, 0.4) is 0 Å². The zero-order valence-electron chi connectivity index (χ0n) is 12.8. The van der Waals surface area contributed by atoms with Crippen molar-refractivity contribution in [1.82, 2.24) is 0 Å². The largest absolute Gasteiger partial charge is 0.502 e. The van der Waals surface area contributed by atoms with E-state index < -0.39 is 29.3 Å². The highest BCUT2D eigenvalue weighted by Gasteiger charge is 2.38. The van der Waals surface area contributed by atoms with E-state index in [2.05, 4.69) is 0 Å². The van der Waals surface area contributed by atoms with Crippen LogP contribution >= 0.6 is 23.2 Å². The minimum atomic E-state index is -0.764. The molecular weight excluding hydrogens is 373 g/mol. The Morgan fingerprint density at radius 3 is 2.48 bits per heavy atom. The Kier molecular flexibility index (Phi) is 4.45. The number of nitrogens with zero attached hydrogens (tertiary/aromatic N) is 1. The van der Waals surface area contributed by atoms with Crippen LogP contribution in [0.1, 0.15) is 19.8 Å². The van der Waals surface area contributed by atoms with Crippen LogP contribution in [-0.2, 0) is 14.4 Å². The van der Waals surface area contributed by atoms with Gasteiger partial charge in [0.25, 0.3) is 5.88 Å².